The number of nitrogens with one attached hydrogen (secondary N) is 1. The van der Waals surface area contributed by atoms with Crippen molar-refractivity contribution in [2.75, 3.05) is 0 Å². The topological polar surface area (TPSA) is 68.8 Å². The highest BCUT2D eigenvalue weighted by atomic mass is 32.1. The van der Waals surface area contributed by atoms with Gasteiger partial charge in [-0.1, -0.05) is 5.16 Å². The van der Waals surface area contributed by atoms with Crippen molar-refractivity contribution in [2.24, 2.45) is 0 Å². The van der Waals surface area contributed by atoms with Crippen LogP contribution >= 0.6 is 11.3 Å². The first-order valence-electron chi connectivity index (χ1n) is 7.23. The van der Waals surface area contributed by atoms with E-state index in [1.807, 2.05) is 40.8 Å². The Morgan fingerprint density at radius 3 is 2.95 bits per heavy atom. The van der Waals surface area contributed by atoms with Gasteiger partial charge in [0.15, 0.2) is 0 Å². The summed E-state index contributed by atoms with van der Waals surface area (Å²) in [6.45, 7) is 6.84. The molecule has 0 saturated heterocycles. The number of aryl methyl sites for hydroxylation is 1. The van der Waals surface area contributed by atoms with E-state index in [0.717, 1.165) is 11.1 Å². The molecule has 0 amide bonds. The maximum atomic E-state index is 5.29. The monoisotopic (exact) mass is 317 g/mol. The number of hydrogen-bond donors (Lipinski definition) is 1. The number of aromatic nitrogens is 4. The largest absolute Gasteiger partial charge is 0.338 e. The van der Waals surface area contributed by atoms with Crippen LogP contribution in [-0.2, 0) is 6.54 Å². The summed E-state index contributed by atoms with van der Waals surface area (Å²) in [4.78, 5) is 4.40. The third-order valence-corrected chi connectivity index (χ3v) is 4.38. The van der Waals surface area contributed by atoms with Crippen LogP contribution in [0.4, 0.5) is 0 Å². The minimum Gasteiger partial charge on any atom is -0.338 e. The molecule has 22 heavy (non-hydrogen) atoms. The van der Waals surface area contributed by atoms with E-state index in [0.29, 0.717) is 18.3 Å². The molecule has 0 fully saturated rings. The van der Waals surface area contributed by atoms with Gasteiger partial charge < -0.3 is 9.84 Å². The summed E-state index contributed by atoms with van der Waals surface area (Å²) in [6.07, 6.45) is 3.92. The quantitative estimate of drug-likeness (QED) is 0.757. The lowest BCUT2D eigenvalue weighted by Gasteiger charge is -2.20. The fraction of sp³-hybridized carbons (Fsp3) is 0.400. The molecule has 0 saturated carbocycles. The van der Waals surface area contributed by atoms with Crippen LogP contribution in [-0.4, -0.2) is 26.0 Å². The van der Waals surface area contributed by atoms with Gasteiger partial charge in [0.05, 0.1) is 18.8 Å². The Morgan fingerprint density at radius 2 is 2.27 bits per heavy atom. The molecular formula is C15H19N5OS. The third-order valence-electron chi connectivity index (χ3n) is 3.69. The van der Waals surface area contributed by atoms with Crippen molar-refractivity contribution in [1.29, 1.82) is 0 Å². The van der Waals surface area contributed by atoms with E-state index < -0.39 is 0 Å². The summed E-state index contributed by atoms with van der Waals surface area (Å²) < 4.78 is 7.26. The molecule has 0 aliphatic carbocycles. The second-order valence-corrected chi connectivity index (χ2v) is 6.21. The summed E-state index contributed by atoms with van der Waals surface area (Å²) in [6, 6.07) is 2.46. The zero-order valence-electron chi connectivity index (χ0n) is 12.9. The summed E-state index contributed by atoms with van der Waals surface area (Å²) in [7, 11) is 0. The van der Waals surface area contributed by atoms with Crippen molar-refractivity contribution in [3.05, 3.63) is 40.7 Å². The second kappa shape index (κ2) is 6.41. The van der Waals surface area contributed by atoms with Crippen molar-refractivity contribution in [2.45, 2.75) is 39.4 Å². The van der Waals surface area contributed by atoms with Gasteiger partial charge >= 0.3 is 0 Å². The van der Waals surface area contributed by atoms with E-state index >= 15 is 0 Å². The standard InChI is InChI=1S/C15H19N5OS/c1-10-6-17-20(8-10)12(3)11(2)16-7-14-18-15(19-21-14)13-4-5-22-9-13/h4-6,8-9,11-12,16H,7H2,1-3H3. The van der Waals surface area contributed by atoms with Gasteiger partial charge in [0, 0.05) is 23.2 Å². The van der Waals surface area contributed by atoms with E-state index in [-0.39, 0.29) is 12.1 Å². The normalized spacial score (nSPS) is 14.1. The van der Waals surface area contributed by atoms with Crippen molar-refractivity contribution in [3.63, 3.8) is 0 Å². The zero-order chi connectivity index (χ0) is 15.5. The van der Waals surface area contributed by atoms with E-state index in [1.165, 1.54) is 0 Å². The molecule has 0 bridgehead atoms. The summed E-state index contributed by atoms with van der Waals surface area (Å²) in [5.41, 5.74) is 2.16. The Balaban J connectivity index is 1.58. The first kappa shape index (κ1) is 14.9. The number of rotatable bonds is 6. The molecule has 3 heterocycles. The molecule has 2 atom stereocenters. The predicted molar refractivity (Wildman–Crippen MR) is 85.6 cm³/mol. The van der Waals surface area contributed by atoms with E-state index in [1.54, 1.807) is 11.3 Å². The van der Waals surface area contributed by atoms with Crippen LogP contribution in [0.1, 0.15) is 31.3 Å². The Hall–Kier alpha value is -1.99. The van der Waals surface area contributed by atoms with Crippen LogP contribution in [0.25, 0.3) is 11.4 Å². The zero-order valence-corrected chi connectivity index (χ0v) is 13.7. The maximum absolute atomic E-state index is 5.29. The number of thiophene rings is 1. The molecule has 0 radical (unpaired) electrons. The van der Waals surface area contributed by atoms with Crippen molar-refractivity contribution in [3.8, 4) is 11.4 Å². The van der Waals surface area contributed by atoms with Gasteiger partial charge in [-0.25, -0.2) is 0 Å². The molecule has 0 aliphatic heterocycles. The molecule has 116 valence electrons. The van der Waals surface area contributed by atoms with Gasteiger partial charge in [-0.2, -0.15) is 21.4 Å². The highest BCUT2D eigenvalue weighted by Crippen LogP contribution is 2.18. The minimum atomic E-state index is 0.232. The van der Waals surface area contributed by atoms with E-state index in [9.17, 15) is 0 Å². The van der Waals surface area contributed by atoms with Gasteiger partial charge in [0.2, 0.25) is 11.7 Å². The highest BCUT2D eigenvalue weighted by molar-refractivity contribution is 7.08. The van der Waals surface area contributed by atoms with Crippen molar-refractivity contribution < 1.29 is 4.52 Å². The van der Waals surface area contributed by atoms with Crippen LogP contribution in [0.2, 0.25) is 0 Å². The van der Waals surface area contributed by atoms with Crippen LogP contribution in [0.5, 0.6) is 0 Å². The molecule has 1 N–H and O–H groups in total. The second-order valence-electron chi connectivity index (χ2n) is 5.43. The molecule has 3 aromatic heterocycles. The van der Waals surface area contributed by atoms with Crippen LogP contribution in [0, 0.1) is 6.92 Å². The maximum Gasteiger partial charge on any atom is 0.240 e. The van der Waals surface area contributed by atoms with Crippen LogP contribution in [0.15, 0.2) is 33.7 Å². The predicted octanol–water partition coefficient (Wildman–Crippen LogP) is 3.04. The molecule has 0 aliphatic rings. The van der Waals surface area contributed by atoms with Gasteiger partial charge in [0.1, 0.15) is 0 Å². The summed E-state index contributed by atoms with van der Waals surface area (Å²) >= 11 is 1.62. The lowest BCUT2D eigenvalue weighted by molar-refractivity contribution is 0.325. The average molecular weight is 317 g/mol. The third kappa shape index (κ3) is 3.26. The van der Waals surface area contributed by atoms with Crippen LogP contribution in [0.3, 0.4) is 0 Å². The molecule has 6 nitrogen and oxygen atoms in total. The molecule has 3 rings (SSSR count). The Labute approximate surface area is 133 Å². The van der Waals surface area contributed by atoms with Gasteiger partial charge in [-0.15, -0.1) is 0 Å². The lowest BCUT2D eigenvalue weighted by Crippen LogP contribution is -2.33. The Kier molecular flexibility index (Phi) is 4.35. The van der Waals surface area contributed by atoms with Crippen molar-refractivity contribution >= 4 is 11.3 Å². The van der Waals surface area contributed by atoms with E-state index in [2.05, 4.69) is 34.4 Å². The molecule has 0 aromatic carbocycles. The molecule has 2 unspecified atom stereocenters. The fourth-order valence-corrected chi connectivity index (χ4v) is 2.77. The number of hydrogen-bond acceptors (Lipinski definition) is 6. The number of nitrogens with zero attached hydrogens (tertiary/aromatic N) is 4. The van der Waals surface area contributed by atoms with Gasteiger partial charge in [-0.3, -0.25) is 4.68 Å². The van der Waals surface area contributed by atoms with Crippen LogP contribution < -0.4 is 5.32 Å². The van der Waals surface area contributed by atoms with Gasteiger partial charge in [0.25, 0.3) is 0 Å². The Morgan fingerprint density at radius 1 is 1.41 bits per heavy atom. The van der Waals surface area contributed by atoms with E-state index in [4.69, 9.17) is 4.52 Å². The molecule has 0 spiro atoms. The first-order valence-corrected chi connectivity index (χ1v) is 8.17. The smallest absolute Gasteiger partial charge is 0.240 e. The van der Waals surface area contributed by atoms with Gasteiger partial charge in [-0.05, 0) is 37.8 Å². The lowest BCUT2D eigenvalue weighted by atomic mass is 10.2. The molecular weight excluding hydrogens is 298 g/mol. The summed E-state index contributed by atoms with van der Waals surface area (Å²) in [5.74, 6) is 1.23. The first-order chi connectivity index (χ1) is 10.6. The minimum absolute atomic E-state index is 0.232. The summed E-state index contributed by atoms with van der Waals surface area (Å²) in [5, 5.41) is 15.8. The van der Waals surface area contributed by atoms with Crippen molar-refractivity contribution in [1.82, 2.24) is 25.2 Å². The Bertz CT molecular complexity index is 718. The molecule has 7 heteroatoms. The average Bonchev–Trinajstić information content (AvgIpc) is 3.24. The fourth-order valence-electron chi connectivity index (χ4n) is 2.14. The highest BCUT2D eigenvalue weighted by Gasteiger charge is 2.16. The molecule has 3 aromatic rings. The SMILES string of the molecule is Cc1cnn(C(C)C(C)NCc2nc(-c3ccsc3)no2)c1.